The number of hydrogen-bond donors (Lipinski definition) is 9. The Kier molecular flexibility index (Phi) is 29.2. The van der Waals surface area contributed by atoms with Crippen molar-refractivity contribution >= 4 is 135 Å². The Morgan fingerprint density at radius 1 is 0.500 bits per heavy atom. The van der Waals surface area contributed by atoms with Crippen molar-refractivity contribution in [3.63, 3.8) is 0 Å². The maximum atomic E-state index is 12.7. The molecule has 0 fully saturated rings. The maximum absolute atomic E-state index is 12.7. The number of nitrogens with zero attached hydrogens (tertiary/aromatic N) is 9. The fourth-order valence-corrected chi connectivity index (χ4v) is 15.6. The normalized spacial score (nSPS) is 15.4. The van der Waals surface area contributed by atoms with Gasteiger partial charge in [-0.1, -0.05) is 0 Å². The number of hydrogen-bond acceptors (Lipinski definition) is 28. The number of thiazole rings is 5. The molecule has 0 saturated heterocycles. The molecule has 5 aromatic rings. The molecule has 0 bridgehead atoms. The lowest BCUT2D eigenvalue weighted by Crippen LogP contribution is -2.33. The molecule has 0 radical (unpaired) electrons. The number of halogens is 1. The molecule has 88 heavy (non-hydrogen) atoms. The monoisotopic (exact) mass is 1450 g/mol. The first-order chi connectivity index (χ1) is 39.2. The molecule has 5 atom stereocenters. The fourth-order valence-electron chi connectivity index (χ4n) is 4.91. The first-order valence-electron chi connectivity index (χ1n) is 25.3. The molecular weight excluding hydrogens is 1370 g/mol. The molecule has 3 amide bonds. The number of aromatic nitrogens is 5. The zero-order valence-corrected chi connectivity index (χ0v) is 61.7. The Balaban J connectivity index is 0.000000555. The quantitative estimate of drug-likeness (QED) is 0.0415. The van der Waals surface area contributed by atoms with Crippen LogP contribution in [0, 0.1) is 0 Å². The van der Waals surface area contributed by atoms with E-state index in [0.717, 1.165) is 56.7 Å². The zero-order chi connectivity index (χ0) is 69.1. The molecule has 5 rings (SSSR count). The van der Waals surface area contributed by atoms with Crippen LogP contribution in [-0.4, -0.2) is 128 Å². The van der Waals surface area contributed by atoms with Gasteiger partial charge in [-0.2, -0.15) is 0 Å². The minimum absolute atomic E-state index is 0.0992. The van der Waals surface area contributed by atoms with E-state index in [4.69, 9.17) is 35.2 Å². The summed E-state index contributed by atoms with van der Waals surface area (Å²) in [6.07, 6.45) is 4.05. The lowest BCUT2D eigenvalue weighted by molar-refractivity contribution is 0.0566. The summed E-state index contributed by atoms with van der Waals surface area (Å²) in [5.74, 6) is 0. The van der Waals surface area contributed by atoms with Crippen molar-refractivity contribution in [2.45, 2.75) is 197 Å². The summed E-state index contributed by atoms with van der Waals surface area (Å²) in [4.78, 5) is 54.6. The second-order valence-electron chi connectivity index (χ2n) is 23.4. The van der Waals surface area contributed by atoms with Gasteiger partial charge in [-0.05, 0) is 139 Å². The van der Waals surface area contributed by atoms with Crippen LogP contribution in [0.3, 0.4) is 0 Å². The van der Waals surface area contributed by atoms with Gasteiger partial charge in [0, 0.05) is 24.8 Å². The minimum Gasteiger partial charge on any atom is -0.443 e. The van der Waals surface area contributed by atoms with Crippen molar-refractivity contribution < 1.29 is 75.2 Å². The molecule has 29 nitrogen and oxygen atoms in total. The molecule has 40 heteroatoms. The van der Waals surface area contributed by atoms with Crippen LogP contribution in [0.5, 0.6) is 0 Å². The number of carbonyl (C=O) groups excluding carboxylic acids is 3. The van der Waals surface area contributed by atoms with Gasteiger partial charge in [0.25, 0.3) is 0 Å². The van der Waals surface area contributed by atoms with E-state index in [0.29, 0.717) is 37.7 Å². The van der Waals surface area contributed by atoms with Crippen molar-refractivity contribution in [2.24, 2.45) is 27.7 Å². The van der Waals surface area contributed by atoms with Crippen LogP contribution in [0.1, 0.15) is 157 Å². The van der Waals surface area contributed by atoms with Crippen molar-refractivity contribution in [3.8, 4) is 0 Å². The summed E-state index contributed by atoms with van der Waals surface area (Å²) in [6, 6.07) is 0. The van der Waals surface area contributed by atoms with E-state index >= 15 is 0 Å². The average Bonchev–Trinajstić information content (AvgIpc) is 4.41. The largest absolute Gasteiger partial charge is 0.443 e. The van der Waals surface area contributed by atoms with Crippen LogP contribution >= 0.6 is 67.4 Å². The standard InChI is InChI=1S/C12H21N3O4S2.C11H17ClN2O4S2.C11H18N2O4S2.2C7H13N3O2S2/c1-11(2,3)19-10(16)15-21(18,13-6)8-7-14-9(20-8)12(4,5)17;1-10(2,3)18-9(15)14-20(12,17)7-6-13-8(19-7)11(4,5)16;1-10(2,3)17-9(14)13-19(16)7-6-12-8(18-7)11(4,5)15;2*1-7(2,11)6-10-4-5(13-6)14(8,12)9-3/h7,17H,1-6H3,(H,13,15,16,18);6,16H,1-5H3;6,15H,1-5H3,(H,13,14);2*4,11H,1-3H3,(H2,8,9,12). The van der Waals surface area contributed by atoms with Gasteiger partial charge < -0.3 is 39.7 Å². The van der Waals surface area contributed by atoms with E-state index in [1.165, 1.54) is 66.0 Å². The lowest BCUT2D eigenvalue weighted by Gasteiger charge is -2.19. The Hall–Kier alpha value is -3.72. The molecule has 0 aliphatic carbocycles. The third-order valence-corrected chi connectivity index (χ3v) is 25.8. The van der Waals surface area contributed by atoms with Crippen molar-refractivity contribution in [3.05, 3.63) is 56.0 Å². The van der Waals surface area contributed by atoms with Gasteiger partial charge >= 0.3 is 18.3 Å². The van der Waals surface area contributed by atoms with Gasteiger partial charge in [-0.25, -0.2) is 88.8 Å². The molecule has 0 aliphatic heterocycles. The highest BCUT2D eigenvalue weighted by Crippen LogP contribution is 2.33. The predicted octanol–water partition coefficient (Wildman–Crippen LogP) is 8.87. The summed E-state index contributed by atoms with van der Waals surface area (Å²) >= 11 is 5.28. The molecule has 5 heterocycles. The number of nitrogens with one attached hydrogen (secondary N) is 2. The zero-order valence-electron chi connectivity index (χ0n) is 52.8. The first kappa shape index (κ1) is 82.3. The van der Waals surface area contributed by atoms with Crippen LogP contribution < -0.4 is 19.7 Å². The van der Waals surface area contributed by atoms with Gasteiger partial charge in [0.1, 0.15) is 111 Å². The second kappa shape index (κ2) is 31.3. The third-order valence-electron chi connectivity index (χ3n) is 8.90. The first-order valence-corrected chi connectivity index (χ1v) is 37.6. The summed E-state index contributed by atoms with van der Waals surface area (Å²) in [5.41, 5.74) is -7.62. The van der Waals surface area contributed by atoms with Gasteiger partial charge in [0.05, 0.1) is 31.0 Å². The van der Waals surface area contributed by atoms with E-state index < -0.39 is 113 Å². The van der Waals surface area contributed by atoms with E-state index in [1.807, 2.05) is 0 Å². The van der Waals surface area contributed by atoms with Crippen LogP contribution in [0.4, 0.5) is 14.4 Å². The molecule has 0 saturated carbocycles. The molecular formula is C48H82ClN13O16S10. The highest BCUT2D eigenvalue weighted by atomic mass is 35.7. The molecule has 0 aromatic carbocycles. The lowest BCUT2D eigenvalue weighted by atomic mass is 10.2. The van der Waals surface area contributed by atoms with Gasteiger partial charge in [0.15, 0.2) is 29.8 Å². The Labute approximate surface area is 542 Å². The Morgan fingerprint density at radius 2 is 0.784 bits per heavy atom. The highest BCUT2D eigenvalue weighted by molar-refractivity contribution is 8.17. The molecule has 0 aliphatic rings. The topological polar surface area (TPSA) is 455 Å². The van der Waals surface area contributed by atoms with Gasteiger partial charge in [-0.3, -0.25) is 0 Å². The smallest absolute Gasteiger partial charge is 0.443 e. The number of carbonyl (C=O) groups is 3. The minimum atomic E-state index is -3.45. The molecule has 5 unspecified atom stereocenters. The number of aliphatic hydroxyl groups is 5. The predicted molar refractivity (Wildman–Crippen MR) is 346 cm³/mol. The molecule has 502 valence electrons. The van der Waals surface area contributed by atoms with E-state index in [2.05, 4.69) is 51.8 Å². The molecule has 11 N–H and O–H groups in total. The van der Waals surface area contributed by atoms with Crippen LogP contribution in [0.2, 0.25) is 0 Å². The maximum Gasteiger partial charge on any atom is 0.443 e. The molecule has 5 aromatic heterocycles. The van der Waals surface area contributed by atoms with Crippen LogP contribution in [0.15, 0.2) is 69.5 Å². The van der Waals surface area contributed by atoms with Crippen LogP contribution in [0.25, 0.3) is 0 Å². The fraction of sp³-hybridized carbons (Fsp3) is 0.625. The number of ether oxygens (including phenoxy) is 3. The number of amides is 3. The van der Waals surface area contributed by atoms with Gasteiger partial charge in [-0.15, -0.1) is 65.4 Å². The summed E-state index contributed by atoms with van der Waals surface area (Å²) in [5, 5.41) is 61.7. The van der Waals surface area contributed by atoms with E-state index in [-0.39, 0.29) is 8.42 Å². The second-order valence-corrected chi connectivity index (χ2v) is 39.8. The van der Waals surface area contributed by atoms with Crippen molar-refractivity contribution in [1.82, 2.24) is 34.4 Å². The summed E-state index contributed by atoms with van der Waals surface area (Å²) in [7, 11) is -3.98. The SMILES string of the molecule is CC(C)(C)OC(=O)N=S(=O)(Cl)c1cnc(C(C)(C)O)s1.CC(C)(C)OC(=O)NS(=O)c1cnc(C(C)(C)O)s1.CN=S(N)(=O)c1cnc(C(C)(C)O)s1.CN=S(N)(=O)c1cnc(C(C)(C)O)s1.CNS(=O)(=NC(=O)OC(C)(C)C)c1cnc(C(C)(C)O)s1. The van der Waals surface area contributed by atoms with Crippen molar-refractivity contribution in [1.29, 1.82) is 0 Å². The highest BCUT2D eigenvalue weighted by Gasteiger charge is 2.29. The van der Waals surface area contributed by atoms with E-state index in [1.54, 1.807) is 118 Å². The van der Waals surface area contributed by atoms with Crippen molar-refractivity contribution in [2.75, 3.05) is 21.1 Å². The average molecular weight is 1450 g/mol. The summed E-state index contributed by atoms with van der Waals surface area (Å²) in [6.45, 7) is 31.0. The van der Waals surface area contributed by atoms with E-state index in [9.17, 15) is 61.0 Å². The number of nitrogens with two attached hydrogens (primary N) is 2. The Morgan fingerprint density at radius 3 is 1.08 bits per heavy atom. The summed E-state index contributed by atoms with van der Waals surface area (Å²) < 4.78 is 95.3. The third kappa shape index (κ3) is 28.8. The van der Waals surface area contributed by atoms with Gasteiger partial charge in [0.2, 0.25) is 0 Å². The van der Waals surface area contributed by atoms with Crippen LogP contribution in [-0.2, 0) is 91.9 Å². The Bertz CT molecular complexity index is 3640. The molecule has 0 spiro atoms. The number of rotatable bonds is 12.